The van der Waals surface area contributed by atoms with Crippen molar-refractivity contribution in [2.45, 2.75) is 12.5 Å². The van der Waals surface area contributed by atoms with Gasteiger partial charge in [0.25, 0.3) is 0 Å². The van der Waals surface area contributed by atoms with Gasteiger partial charge in [-0.25, -0.2) is 0 Å². The predicted molar refractivity (Wildman–Crippen MR) is 64.9 cm³/mol. The molecule has 1 rings (SSSR count). The number of aliphatic hydroxyl groups is 1. The first-order valence-electron chi connectivity index (χ1n) is 5.31. The number of hydrogen-bond donors (Lipinski definition) is 2. The van der Waals surface area contributed by atoms with Gasteiger partial charge in [-0.15, -0.1) is 0 Å². The highest BCUT2D eigenvalue weighted by molar-refractivity contribution is 5.51. The minimum absolute atomic E-state index is 0.0850. The van der Waals surface area contributed by atoms with Gasteiger partial charge in [0.15, 0.2) is 0 Å². The number of benzene rings is 1. The van der Waals surface area contributed by atoms with E-state index in [0.717, 1.165) is 5.56 Å². The highest BCUT2D eigenvalue weighted by Crippen LogP contribution is 2.34. The summed E-state index contributed by atoms with van der Waals surface area (Å²) in [5.74, 6) is 1.94. The molecule has 1 atom stereocenters. The van der Waals surface area contributed by atoms with E-state index in [4.69, 9.17) is 25.1 Å². The maximum atomic E-state index is 8.99. The van der Waals surface area contributed by atoms with Crippen LogP contribution in [0.3, 0.4) is 0 Å². The molecule has 0 aliphatic carbocycles. The molecule has 0 aromatic heterocycles. The predicted octanol–water partition coefficient (Wildman–Crippen LogP) is 0.574. The Morgan fingerprint density at radius 1 is 1.12 bits per heavy atom. The molecule has 17 heavy (non-hydrogen) atoms. The van der Waals surface area contributed by atoms with Crippen molar-refractivity contribution < 1.29 is 19.3 Å². The van der Waals surface area contributed by atoms with Crippen molar-refractivity contribution in [3.8, 4) is 17.2 Å². The van der Waals surface area contributed by atoms with E-state index in [1.807, 2.05) is 0 Å². The molecule has 5 heteroatoms. The van der Waals surface area contributed by atoms with E-state index in [1.54, 1.807) is 33.5 Å². The van der Waals surface area contributed by atoms with E-state index in [9.17, 15) is 0 Å². The zero-order chi connectivity index (χ0) is 12.8. The molecule has 0 amide bonds. The van der Waals surface area contributed by atoms with Crippen LogP contribution in [0.15, 0.2) is 12.1 Å². The van der Waals surface area contributed by atoms with Gasteiger partial charge >= 0.3 is 0 Å². The minimum atomic E-state index is -0.341. The lowest BCUT2D eigenvalue weighted by atomic mass is 10.0. The Bertz CT molecular complexity index is 343. The average molecular weight is 241 g/mol. The smallest absolute Gasteiger partial charge is 0.129 e. The van der Waals surface area contributed by atoms with Gasteiger partial charge in [0.05, 0.1) is 27.9 Å². The molecule has 96 valence electrons. The summed E-state index contributed by atoms with van der Waals surface area (Å²) >= 11 is 0. The van der Waals surface area contributed by atoms with Crippen LogP contribution in [0.2, 0.25) is 0 Å². The Morgan fingerprint density at radius 2 is 1.65 bits per heavy atom. The summed E-state index contributed by atoms with van der Waals surface area (Å²) in [5, 5.41) is 8.99. The molecule has 0 heterocycles. The van der Waals surface area contributed by atoms with Crippen molar-refractivity contribution in [3.63, 3.8) is 0 Å². The number of hydrogen-bond acceptors (Lipinski definition) is 5. The van der Waals surface area contributed by atoms with Crippen LogP contribution in [0.5, 0.6) is 17.2 Å². The molecular formula is C12H19NO4. The van der Waals surface area contributed by atoms with Gasteiger partial charge in [0.2, 0.25) is 0 Å². The first-order valence-corrected chi connectivity index (χ1v) is 5.31. The molecule has 5 nitrogen and oxygen atoms in total. The zero-order valence-corrected chi connectivity index (χ0v) is 10.4. The highest BCUT2D eigenvalue weighted by Gasteiger charge is 2.15. The minimum Gasteiger partial charge on any atom is -0.496 e. The molecule has 3 N–H and O–H groups in total. The van der Waals surface area contributed by atoms with Gasteiger partial charge in [-0.2, -0.15) is 0 Å². The first-order chi connectivity index (χ1) is 8.15. The summed E-state index contributed by atoms with van der Waals surface area (Å²) in [7, 11) is 4.72. The molecule has 0 saturated heterocycles. The lowest BCUT2D eigenvalue weighted by Gasteiger charge is -2.17. The van der Waals surface area contributed by atoms with Crippen LogP contribution in [0.1, 0.15) is 5.56 Å². The lowest BCUT2D eigenvalue weighted by molar-refractivity contribution is 0.263. The van der Waals surface area contributed by atoms with Crippen molar-refractivity contribution in [1.82, 2.24) is 0 Å². The fourth-order valence-electron chi connectivity index (χ4n) is 1.61. The maximum absolute atomic E-state index is 8.99. The second-order valence-corrected chi connectivity index (χ2v) is 3.66. The number of rotatable bonds is 6. The van der Waals surface area contributed by atoms with Crippen molar-refractivity contribution in [2.24, 2.45) is 5.73 Å². The Kier molecular flexibility index (Phi) is 5.06. The quantitative estimate of drug-likeness (QED) is 0.762. The number of aliphatic hydroxyl groups excluding tert-OH is 1. The highest BCUT2D eigenvalue weighted by atomic mass is 16.5. The van der Waals surface area contributed by atoms with Crippen LogP contribution in [-0.2, 0) is 6.42 Å². The molecule has 1 aromatic carbocycles. The van der Waals surface area contributed by atoms with Gasteiger partial charge < -0.3 is 25.1 Å². The van der Waals surface area contributed by atoms with Crippen molar-refractivity contribution in [3.05, 3.63) is 17.7 Å². The second kappa shape index (κ2) is 6.32. The van der Waals surface area contributed by atoms with E-state index in [0.29, 0.717) is 23.7 Å². The Hall–Kier alpha value is -1.46. The molecule has 0 saturated carbocycles. The third-order valence-electron chi connectivity index (χ3n) is 2.52. The topological polar surface area (TPSA) is 73.9 Å². The van der Waals surface area contributed by atoms with Crippen molar-refractivity contribution in [2.75, 3.05) is 27.9 Å². The molecule has 0 bridgehead atoms. The summed E-state index contributed by atoms with van der Waals surface area (Å²) in [6, 6.07) is 3.19. The SMILES string of the molecule is COc1cc(OC)c(CC(N)CO)c(OC)c1. The summed E-state index contributed by atoms with van der Waals surface area (Å²) < 4.78 is 15.7. The van der Waals surface area contributed by atoms with E-state index in [2.05, 4.69) is 0 Å². The van der Waals surface area contributed by atoms with E-state index >= 15 is 0 Å². The second-order valence-electron chi connectivity index (χ2n) is 3.66. The monoisotopic (exact) mass is 241 g/mol. The van der Waals surface area contributed by atoms with Gasteiger partial charge in [-0.3, -0.25) is 0 Å². The third kappa shape index (κ3) is 3.25. The average Bonchev–Trinajstić information content (AvgIpc) is 2.38. The number of nitrogens with two attached hydrogens (primary N) is 1. The maximum Gasteiger partial charge on any atom is 0.129 e. The summed E-state index contributed by atoms with van der Waals surface area (Å²) in [6.45, 7) is -0.0850. The zero-order valence-electron chi connectivity index (χ0n) is 10.4. The van der Waals surface area contributed by atoms with E-state index in [1.165, 1.54) is 0 Å². The van der Waals surface area contributed by atoms with Crippen LogP contribution in [-0.4, -0.2) is 39.1 Å². The largest absolute Gasteiger partial charge is 0.496 e. The summed E-state index contributed by atoms with van der Waals surface area (Å²) in [6.07, 6.45) is 0.479. The lowest BCUT2D eigenvalue weighted by Crippen LogP contribution is -2.27. The third-order valence-corrected chi connectivity index (χ3v) is 2.52. The Labute approximate surface area is 101 Å². The van der Waals surface area contributed by atoms with Gasteiger partial charge in [-0.05, 0) is 6.42 Å². The molecule has 1 aromatic rings. The molecule has 1 unspecified atom stereocenters. The van der Waals surface area contributed by atoms with Gasteiger partial charge in [0.1, 0.15) is 17.2 Å². The van der Waals surface area contributed by atoms with Crippen LogP contribution in [0, 0.1) is 0 Å². The van der Waals surface area contributed by atoms with Gasteiger partial charge in [0, 0.05) is 23.7 Å². The first kappa shape index (κ1) is 13.6. The van der Waals surface area contributed by atoms with Crippen molar-refractivity contribution >= 4 is 0 Å². The standard InChI is InChI=1S/C12H19NO4/c1-15-9-5-11(16-2)10(4-8(13)7-14)12(6-9)17-3/h5-6,8,14H,4,7,13H2,1-3H3. The summed E-state index contributed by atoms with van der Waals surface area (Å²) in [4.78, 5) is 0. The van der Waals surface area contributed by atoms with Crippen LogP contribution in [0.4, 0.5) is 0 Å². The van der Waals surface area contributed by atoms with Crippen molar-refractivity contribution in [1.29, 1.82) is 0 Å². The number of ether oxygens (including phenoxy) is 3. The Morgan fingerprint density at radius 3 is 2.00 bits per heavy atom. The normalized spacial score (nSPS) is 12.1. The number of methoxy groups -OCH3 is 3. The van der Waals surface area contributed by atoms with E-state index in [-0.39, 0.29) is 12.6 Å². The Balaban J connectivity index is 3.15. The molecular weight excluding hydrogens is 222 g/mol. The van der Waals surface area contributed by atoms with E-state index < -0.39 is 0 Å². The van der Waals surface area contributed by atoms with Crippen LogP contribution < -0.4 is 19.9 Å². The van der Waals surface area contributed by atoms with Crippen LogP contribution >= 0.6 is 0 Å². The molecule has 0 aliphatic rings. The molecule has 0 radical (unpaired) electrons. The summed E-state index contributed by atoms with van der Waals surface area (Å²) in [5.41, 5.74) is 6.56. The molecule has 0 spiro atoms. The molecule has 0 fully saturated rings. The fraction of sp³-hybridized carbons (Fsp3) is 0.500. The van der Waals surface area contributed by atoms with Crippen LogP contribution in [0.25, 0.3) is 0 Å². The fourth-order valence-corrected chi connectivity index (χ4v) is 1.61. The van der Waals surface area contributed by atoms with Gasteiger partial charge in [-0.1, -0.05) is 0 Å². The molecule has 0 aliphatic heterocycles.